The molecule has 2 atom stereocenters. The maximum absolute atomic E-state index is 12.6. The molecule has 0 aromatic rings. The van der Waals surface area contributed by atoms with Crippen molar-refractivity contribution in [3.63, 3.8) is 0 Å². The highest BCUT2D eigenvalue weighted by Gasteiger charge is 2.32. The minimum absolute atomic E-state index is 0.0618. The third-order valence-electron chi connectivity index (χ3n) is 4.58. The van der Waals surface area contributed by atoms with Gasteiger partial charge in [-0.3, -0.25) is 9.69 Å². The van der Waals surface area contributed by atoms with Crippen LogP contribution in [0.5, 0.6) is 0 Å². The number of hydrogen-bond donors (Lipinski definition) is 1. The number of piperazine rings is 1. The van der Waals surface area contributed by atoms with Crippen LogP contribution < -0.4 is 5.32 Å². The number of amides is 1. The van der Waals surface area contributed by atoms with Crippen molar-refractivity contribution < 1.29 is 9.53 Å². The lowest BCUT2D eigenvalue weighted by molar-refractivity contribution is -0.137. The van der Waals surface area contributed by atoms with E-state index in [2.05, 4.69) is 22.0 Å². The maximum atomic E-state index is 12.6. The van der Waals surface area contributed by atoms with Crippen LogP contribution in [0.15, 0.2) is 0 Å². The summed E-state index contributed by atoms with van der Waals surface area (Å²) in [5.41, 5.74) is 0. The van der Waals surface area contributed by atoms with Gasteiger partial charge in [-0.2, -0.15) is 0 Å². The summed E-state index contributed by atoms with van der Waals surface area (Å²) in [4.78, 5) is 17.1. The zero-order valence-electron chi connectivity index (χ0n) is 12.9. The highest BCUT2D eigenvalue weighted by Crippen LogP contribution is 2.16. The second-order valence-electron chi connectivity index (χ2n) is 5.88. The Morgan fingerprint density at radius 3 is 2.85 bits per heavy atom. The fourth-order valence-electron chi connectivity index (χ4n) is 3.27. The molecular weight excluding hydrogens is 254 g/mol. The molecule has 0 bridgehead atoms. The van der Waals surface area contributed by atoms with Crippen molar-refractivity contribution in [3.8, 4) is 0 Å². The number of piperidine rings is 1. The Balaban J connectivity index is 1.86. The number of rotatable bonds is 5. The molecule has 0 spiro atoms. The Kier molecular flexibility index (Phi) is 6.26. The molecule has 0 aromatic heterocycles. The molecule has 2 aliphatic heterocycles. The van der Waals surface area contributed by atoms with Crippen molar-refractivity contribution >= 4 is 5.91 Å². The van der Waals surface area contributed by atoms with E-state index in [1.165, 1.54) is 12.8 Å². The van der Waals surface area contributed by atoms with Crippen molar-refractivity contribution in [2.75, 3.05) is 46.4 Å². The molecule has 1 amide bonds. The van der Waals surface area contributed by atoms with Crippen LogP contribution in [0.2, 0.25) is 0 Å². The van der Waals surface area contributed by atoms with Gasteiger partial charge in [0, 0.05) is 39.3 Å². The monoisotopic (exact) mass is 283 g/mol. The zero-order chi connectivity index (χ0) is 14.4. The molecule has 20 heavy (non-hydrogen) atoms. The van der Waals surface area contributed by atoms with E-state index in [-0.39, 0.29) is 6.04 Å². The standard InChI is InChI=1S/C15H29N3O2/c1-3-13-12-18(9-8-17(13)10-11-20-2)15(19)14-6-4-5-7-16-14/h13-14,16H,3-12H2,1-2H3/t13?,14-/m1/s1. The van der Waals surface area contributed by atoms with Crippen molar-refractivity contribution in [2.24, 2.45) is 0 Å². The lowest BCUT2D eigenvalue weighted by atomic mass is 10.0. The molecule has 2 saturated heterocycles. The van der Waals surface area contributed by atoms with Crippen molar-refractivity contribution in [1.29, 1.82) is 0 Å². The Morgan fingerprint density at radius 1 is 1.35 bits per heavy atom. The van der Waals surface area contributed by atoms with Crippen molar-refractivity contribution in [1.82, 2.24) is 15.1 Å². The average Bonchev–Trinajstić information content (AvgIpc) is 2.52. The topological polar surface area (TPSA) is 44.8 Å². The van der Waals surface area contributed by atoms with E-state index in [4.69, 9.17) is 4.74 Å². The number of hydrogen-bond acceptors (Lipinski definition) is 4. The SMILES string of the molecule is CCC1CN(C(=O)[C@H]2CCCCN2)CCN1CCOC. The normalized spacial score (nSPS) is 28.6. The first-order valence-corrected chi connectivity index (χ1v) is 8.01. The first-order valence-electron chi connectivity index (χ1n) is 8.01. The second-order valence-corrected chi connectivity index (χ2v) is 5.88. The van der Waals surface area contributed by atoms with Gasteiger partial charge in [-0.05, 0) is 25.8 Å². The molecule has 0 radical (unpaired) electrons. The Morgan fingerprint density at radius 2 is 2.20 bits per heavy atom. The molecule has 5 heteroatoms. The highest BCUT2D eigenvalue weighted by atomic mass is 16.5. The molecule has 0 aromatic carbocycles. The van der Waals surface area contributed by atoms with Gasteiger partial charge in [0.1, 0.15) is 0 Å². The van der Waals surface area contributed by atoms with Crippen LogP contribution in [-0.2, 0) is 9.53 Å². The molecule has 5 nitrogen and oxygen atoms in total. The smallest absolute Gasteiger partial charge is 0.239 e. The number of nitrogens with one attached hydrogen (secondary N) is 1. The number of carbonyl (C=O) groups excluding carboxylic acids is 1. The maximum Gasteiger partial charge on any atom is 0.239 e. The summed E-state index contributed by atoms with van der Waals surface area (Å²) in [6.07, 6.45) is 4.46. The molecular formula is C15H29N3O2. The van der Waals surface area contributed by atoms with Gasteiger partial charge in [-0.15, -0.1) is 0 Å². The fraction of sp³-hybridized carbons (Fsp3) is 0.933. The van der Waals surface area contributed by atoms with Gasteiger partial charge in [0.15, 0.2) is 0 Å². The zero-order valence-corrected chi connectivity index (χ0v) is 12.9. The van der Waals surface area contributed by atoms with Crippen LogP contribution in [0.4, 0.5) is 0 Å². The quantitative estimate of drug-likeness (QED) is 0.807. The Labute approximate surface area is 122 Å². The number of ether oxygens (including phenoxy) is 1. The van der Waals surface area contributed by atoms with Gasteiger partial charge in [0.25, 0.3) is 0 Å². The number of carbonyl (C=O) groups is 1. The fourth-order valence-corrected chi connectivity index (χ4v) is 3.27. The van der Waals surface area contributed by atoms with E-state index in [9.17, 15) is 4.79 Å². The Bertz CT molecular complexity index is 305. The Hall–Kier alpha value is -0.650. The van der Waals surface area contributed by atoms with E-state index in [0.717, 1.165) is 52.2 Å². The third kappa shape index (κ3) is 3.93. The van der Waals surface area contributed by atoms with Gasteiger partial charge in [0.2, 0.25) is 5.91 Å². The average molecular weight is 283 g/mol. The summed E-state index contributed by atoms with van der Waals surface area (Å²) in [7, 11) is 1.75. The number of nitrogens with zero attached hydrogens (tertiary/aromatic N) is 2. The molecule has 1 N–H and O–H groups in total. The summed E-state index contributed by atoms with van der Waals surface area (Å²) in [6, 6.07) is 0.540. The lowest BCUT2D eigenvalue weighted by Gasteiger charge is -2.42. The van der Waals surface area contributed by atoms with Crippen molar-refractivity contribution in [2.45, 2.75) is 44.7 Å². The molecule has 0 aliphatic carbocycles. The molecule has 2 heterocycles. The van der Waals surface area contributed by atoms with Crippen molar-refractivity contribution in [3.05, 3.63) is 0 Å². The number of methoxy groups -OCH3 is 1. The first kappa shape index (κ1) is 15.7. The summed E-state index contributed by atoms with van der Waals surface area (Å²) < 4.78 is 5.17. The lowest BCUT2D eigenvalue weighted by Crippen LogP contribution is -2.58. The summed E-state index contributed by atoms with van der Waals surface area (Å²) in [5.74, 6) is 0.314. The highest BCUT2D eigenvalue weighted by molar-refractivity contribution is 5.82. The molecule has 0 saturated carbocycles. The van der Waals surface area contributed by atoms with E-state index < -0.39 is 0 Å². The molecule has 2 rings (SSSR count). The van der Waals surface area contributed by atoms with Crippen LogP contribution >= 0.6 is 0 Å². The first-order chi connectivity index (χ1) is 9.76. The van der Waals surface area contributed by atoms with Gasteiger partial charge >= 0.3 is 0 Å². The van der Waals surface area contributed by atoms with Gasteiger partial charge in [-0.1, -0.05) is 13.3 Å². The molecule has 1 unspecified atom stereocenters. The second kappa shape index (κ2) is 7.96. The minimum Gasteiger partial charge on any atom is -0.383 e. The van der Waals surface area contributed by atoms with Crippen LogP contribution in [-0.4, -0.2) is 74.2 Å². The molecule has 2 fully saturated rings. The van der Waals surface area contributed by atoms with Gasteiger partial charge in [0.05, 0.1) is 12.6 Å². The van der Waals surface area contributed by atoms with E-state index in [1.807, 2.05) is 0 Å². The van der Waals surface area contributed by atoms with Crippen LogP contribution in [0.25, 0.3) is 0 Å². The minimum atomic E-state index is 0.0618. The van der Waals surface area contributed by atoms with E-state index >= 15 is 0 Å². The molecule has 116 valence electrons. The van der Waals surface area contributed by atoms with Crippen LogP contribution in [0, 0.1) is 0 Å². The van der Waals surface area contributed by atoms with Gasteiger partial charge in [-0.25, -0.2) is 0 Å². The third-order valence-corrected chi connectivity index (χ3v) is 4.58. The van der Waals surface area contributed by atoms with Crippen LogP contribution in [0.3, 0.4) is 0 Å². The van der Waals surface area contributed by atoms with E-state index in [0.29, 0.717) is 11.9 Å². The van der Waals surface area contributed by atoms with Gasteiger partial charge < -0.3 is 15.0 Å². The summed E-state index contributed by atoms with van der Waals surface area (Å²) in [6.45, 7) is 7.64. The predicted octanol–water partition coefficient (Wildman–Crippen LogP) is 0.698. The summed E-state index contributed by atoms with van der Waals surface area (Å²) in [5, 5.41) is 3.37. The molecule has 2 aliphatic rings. The van der Waals surface area contributed by atoms with E-state index in [1.54, 1.807) is 7.11 Å². The van der Waals surface area contributed by atoms with Crippen LogP contribution in [0.1, 0.15) is 32.6 Å². The largest absolute Gasteiger partial charge is 0.383 e. The summed E-state index contributed by atoms with van der Waals surface area (Å²) >= 11 is 0. The predicted molar refractivity (Wildman–Crippen MR) is 79.7 cm³/mol.